The van der Waals surface area contributed by atoms with Crippen LogP contribution in [0.15, 0.2) is 42.5 Å². The highest BCUT2D eigenvalue weighted by Gasteiger charge is 2.26. The van der Waals surface area contributed by atoms with E-state index in [4.69, 9.17) is 9.47 Å². The molecule has 0 spiro atoms. The van der Waals surface area contributed by atoms with E-state index in [1.165, 1.54) is 6.07 Å². The third-order valence-corrected chi connectivity index (χ3v) is 4.73. The third kappa shape index (κ3) is 3.90. The molecule has 2 aromatic rings. The zero-order valence-electron chi connectivity index (χ0n) is 15.0. The van der Waals surface area contributed by atoms with Gasteiger partial charge in [0.05, 0.1) is 25.6 Å². The lowest BCUT2D eigenvalue weighted by Crippen LogP contribution is -2.38. The summed E-state index contributed by atoms with van der Waals surface area (Å²) in [5, 5.41) is 2.94. The van der Waals surface area contributed by atoms with Crippen molar-refractivity contribution in [2.75, 3.05) is 37.5 Å². The van der Waals surface area contributed by atoms with Crippen LogP contribution >= 0.6 is 0 Å². The van der Waals surface area contributed by atoms with Crippen LogP contribution in [-0.4, -0.2) is 33.2 Å². The first-order chi connectivity index (χ1) is 12.6. The number of anilines is 2. The van der Waals surface area contributed by atoms with E-state index >= 15 is 0 Å². The number of benzene rings is 2. The predicted octanol–water partition coefficient (Wildman–Crippen LogP) is 3.70. The Bertz CT molecular complexity index is 773. The van der Waals surface area contributed by atoms with Gasteiger partial charge in [-0.3, -0.25) is 4.79 Å². The van der Waals surface area contributed by atoms with E-state index < -0.39 is 0 Å². The van der Waals surface area contributed by atoms with Gasteiger partial charge >= 0.3 is 0 Å². The Hall–Kier alpha value is -2.76. The Morgan fingerprint density at radius 3 is 2.50 bits per heavy atom. The summed E-state index contributed by atoms with van der Waals surface area (Å²) in [6.07, 6.45) is 1.36. The molecule has 3 rings (SSSR count). The van der Waals surface area contributed by atoms with Gasteiger partial charge in [0.1, 0.15) is 17.3 Å². The molecular weight excluding hydrogens is 335 g/mol. The number of piperidine rings is 1. The maximum absolute atomic E-state index is 13.9. The summed E-state index contributed by atoms with van der Waals surface area (Å²) in [6.45, 7) is 1.30. The van der Waals surface area contributed by atoms with Gasteiger partial charge in [-0.2, -0.15) is 0 Å². The van der Waals surface area contributed by atoms with Crippen molar-refractivity contribution in [2.45, 2.75) is 12.8 Å². The number of ether oxygens (including phenoxy) is 2. The van der Waals surface area contributed by atoms with Crippen LogP contribution in [0.4, 0.5) is 15.8 Å². The normalized spacial score (nSPS) is 14.8. The summed E-state index contributed by atoms with van der Waals surface area (Å²) in [5.74, 6) is 0.851. The first-order valence-electron chi connectivity index (χ1n) is 8.64. The molecule has 1 amide bonds. The SMILES string of the molecule is COc1ccc(NC(=O)C2CCN(c3ccccc3F)CC2)c(OC)c1. The molecule has 138 valence electrons. The number of amides is 1. The number of carbonyl (C=O) groups is 1. The van der Waals surface area contributed by atoms with Gasteiger partial charge in [0.25, 0.3) is 0 Å². The Morgan fingerprint density at radius 2 is 1.85 bits per heavy atom. The second-order valence-corrected chi connectivity index (χ2v) is 6.27. The van der Waals surface area contributed by atoms with Crippen LogP contribution in [0.1, 0.15) is 12.8 Å². The summed E-state index contributed by atoms with van der Waals surface area (Å²) >= 11 is 0. The summed E-state index contributed by atoms with van der Waals surface area (Å²) < 4.78 is 24.4. The zero-order chi connectivity index (χ0) is 18.5. The largest absolute Gasteiger partial charge is 0.497 e. The number of rotatable bonds is 5. The first-order valence-corrected chi connectivity index (χ1v) is 8.64. The first kappa shape index (κ1) is 18.0. The molecule has 26 heavy (non-hydrogen) atoms. The quantitative estimate of drug-likeness (QED) is 0.885. The standard InChI is InChI=1S/C20H23FN2O3/c1-25-15-7-8-17(19(13-15)26-2)22-20(24)14-9-11-23(12-10-14)18-6-4-3-5-16(18)21/h3-8,13-14H,9-12H2,1-2H3,(H,22,24). The summed E-state index contributed by atoms with van der Waals surface area (Å²) in [4.78, 5) is 14.6. The second kappa shape index (κ2) is 8.08. The number of methoxy groups -OCH3 is 2. The summed E-state index contributed by atoms with van der Waals surface area (Å²) in [6, 6.07) is 12.0. The molecule has 0 saturated carbocycles. The molecular formula is C20H23FN2O3. The summed E-state index contributed by atoms with van der Waals surface area (Å²) in [5.41, 5.74) is 1.22. The highest BCUT2D eigenvalue weighted by Crippen LogP contribution is 2.31. The molecule has 1 aliphatic rings. The fourth-order valence-corrected chi connectivity index (χ4v) is 3.23. The summed E-state index contributed by atoms with van der Waals surface area (Å²) in [7, 11) is 3.13. The zero-order valence-corrected chi connectivity index (χ0v) is 15.0. The van der Waals surface area contributed by atoms with Gasteiger partial charge in [-0.25, -0.2) is 4.39 Å². The minimum atomic E-state index is -0.224. The molecule has 0 radical (unpaired) electrons. The van der Waals surface area contributed by atoms with Gasteiger partial charge in [-0.15, -0.1) is 0 Å². The maximum atomic E-state index is 13.9. The van der Waals surface area contributed by atoms with Gasteiger partial charge in [0, 0.05) is 25.1 Å². The lowest BCUT2D eigenvalue weighted by Gasteiger charge is -2.33. The number of hydrogen-bond acceptors (Lipinski definition) is 4. The fourth-order valence-electron chi connectivity index (χ4n) is 3.23. The number of hydrogen-bond donors (Lipinski definition) is 1. The topological polar surface area (TPSA) is 50.8 Å². The molecule has 1 N–H and O–H groups in total. The average molecular weight is 358 g/mol. The van der Waals surface area contributed by atoms with E-state index in [1.54, 1.807) is 44.6 Å². The Morgan fingerprint density at radius 1 is 1.12 bits per heavy atom. The van der Waals surface area contributed by atoms with Crippen molar-refractivity contribution < 1.29 is 18.7 Å². The molecule has 1 fully saturated rings. The van der Waals surface area contributed by atoms with Crippen molar-refractivity contribution in [3.05, 3.63) is 48.3 Å². The fraction of sp³-hybridized carbons (Fsp3) is 0.350. The van der Waals surface area contributed by atoms with Crippen LogP contribution in [0.3, 0.4) is 0 Å². The molecule has 0 atom stereocenters. The van der Waals surface area contributed by atoms with Gasteiger partial charge < -0.3 is 19.7 Å². The van der Waals surface area contributed by atoms with E-state index in [-0.39, 0.29) is 17.6 Å². The van der Waals surface area contributed by atoms with Crippen LogP contribution in [-0.2, 0) is 4.79 Å². The highest BCUT2D eigenvalue weighted by molar-refractivity contribution is 5.94. The van der Waals surface area contributed by atoms with E-state index in [1.807, 2.05) is 11.0 Å². The molecule has 0 aromatic heterocycles. The molecule has 1 saturated heterocycles. The number of carbonyl (C=O) groups excluding carboxylic acids is 1. The molecule has 6 heteroatoms. The van der Waals surface area contributed by atoms with E-state index in [0.717, 1.165) is 0 Å². The van der Waals surface area contributed by atoms with Crippen LogP contribution < -0.4 is 19.7 Å². The van der Waals surface area contributed by atoms with Crippen molar-refractivity contribution in [3.8, 4) is 11.5 Å². The van der Waals surface area contributed by atoms with Crippen molar-refractivity contribution >= 4 is 17.3 Å². The highest BCUT2D eigenvalue weighted by atomic mass is 19.1. The van der Waals surface area contributed by atoms with E-state index in [2.05, 4.69) is 5.32 Å². The molecule has 2 aromatic carbocycles. The molecule has 0 bridgehead atoms. The number of halogens is 1. The smallest absolute Gasteiger partial charge is 0.227 e. The van der Waals surface area contributed by atoms with Crippen LogP contribution in [0, 0.1) is 11.7 Å². The molecule has 1 aliphatic heterocycles. The van der Waals surface area contributed by atoms with Gasteiger partial charge in [0.15, 0.2) is 0 Å². The minimum Gasteiger partial charge on any atom is -0.497 e. The Balaban J connectivity index is 1.61. The van der Waals surface area contributed by atoms with Crippen molar-refractivity contribution in [2.24, 2.45) is 5.92 Å². The van der Waals surface area contributed by atoms with Gasteiger partial charge in [-0.1, -0.05) is 12.1 Å². The average Bonchev–Trinajstić information content (AvgIpc) is 2.68. The Kier molecular flexibility index (Phi) is 5.61. The molecule has 0 unspecified atom stereocenters. The maximum Gasteiger partial charge on any atom is 0.227 e. The van der Waals surface area contributed by atoms with Gasteiger partial charge in [-0.05, 0) is 37.1 Å². The van der Waals surface area contributed by atoms with Crippen molar-refractivity contribution in [1.29, 1.82) is 0 Å². The lowest BCUT2D eigenvalue weighted by atomic mass is 9.95. The number of nitrogens with one attached hydrogen (secondary N) is 1. The second-order valence-electron chi connectivity index (χ2n) is 6.27. The Labute approximate surface area is 152 Å². The molecule has 5 nitrogen and oxygen atoms in total. The van der Waals surface area contributed by atoms with Crippen LogP contribution in [0.25, 0.3) is 0 Å². The van der Waals surface area contributed by atoms with Crippen LogP contribution in [0.5, 0.6) is 11.5 Å². The molecule has 0 aliphatic carbocycles. The van der Waals surface area contributed by atoms with Crippen molar-refractivity contribution in [3.63, 3.8) is 0 Å². The predicted molar refractivity (Wildman–Crippen MR) is 99.5 cm³/mol. The van der Waals surface area contributed by atoms with Gasteiger partial charge in [0.2, 0.25) is 5.91 Å². The number of para-hydroxylation sites is 1. The van der Waals surface area contributed by atoms with Crippen molar-refractivity contribution in [1.82, 2.24) is 0 Å². The third-order valence-electron chi connectivity index (χ3n) is 4.73. The van der Waals surface area contributed by atoms with Crippen LogP contribution in [0.2, 0.25) is 0 Å². The minimum absolute atomic E-state index is 0.0401. The molecule has 1 heterocycles. The van der Waals surface area contributed by atoms with E-state index in [0.29, 0.717) is 48.8 Å². The number of nitrogens with zero attached hydrogens (tertiary/aromatic N) is 1. The lowest BCUT2D eigenvalue weighted by molar-refractivity contribution is -0.120. The van der Waals surface area contributed by atoms with E-state index in [9.17, 15) is 9.18 Å². The monoisotopic (exact) mass is 358 g/mol.